The summed E-state index contributed by atoms with van der Waals surface area (Å²) in [5.74, 6) is 0. The van der Waals surface area contributed by atoms with Crippen LogP contribution in [-0.2, 0) is 13.6 Å². The molecule has 1 aromatic heterocycles. The number of aryl methyl sites for hydroxylation is 1. The molecule has 0 amide bonds. The van der Waals surface area contributed by atoms with Crippen molar-refractivity contribution in [1.29, 1.82) is 0 Å². The van der Waals surface area contributed by atoms with Crippen LogP contribution in [-0.4, -0.2) is 46.1 Å². The van der Waals surface area contributed by atoms with Crippen LogP contribution in [0.3, 0.4) is 0 Å². The average molecular weight is 251 g/mol. The van der Waals surface area contributed by atoms with E-state index in [2.05, 4.69) is 34.6 Å². The van der Waals surface area contributed by atoms with Crippen LogP contribution in [0.25, 0.3) is 0 Å². The molecule has 1 saturated carbocycles. The van der Waals surface area contributed by atoms with Gasteiger partial charge in [-0.3, -0.25) is 4.68 Å². The van der Waals surface area contributed by atoms with Gasteiger partial charge in [-0.05, 0) is 26.9 Å². The van der Waals surface area contributed by atoms with Gasteiger partial charge in [-0.25, -0.2) is 0 Å². The van der Waals surface area contributed by atoms with E-state index in [0.717, 1.165) is 18.8 Å². The van der Waals surface area contributed by atoms with E-state index in [1.54, 1.807) is 4.68 Å². The molecule has 5 heteroatoms. The molecule has 102 valence electrons. The molecular formula is C13H25N5. The van der Waals surface area contributed by atoms with Gasteiger partial charge in [0.25, 0.3) is 0 Å². The van der Waals surface area contributed by atoms with E-state index in [1.807, 2.05) is 13.2 Å². The van der Waals surface area contributed by atoms with Gasteiger partial charge in [0.2, 0.25) is 0 Å². The maximum Gasteiger partial charge on any atom is 0.0964 e. The fourth-order valence-electron chi connectivity index (χ4n) is 2.89. The Balaban J connectivity index is 1.86. The number of rotatable bonds is 5. The molecule has 0 aliphatic heterocycles. The van der Waals surface area contributed by atoms with Crippen LogP contribution in [0.15, 0.2) is 6.20 Å². The highest BCUT2D eigenvalue weighted by Crippen LogP contribution is 2.31. The zero-order valence-corrected chi connectivity index (χ0v) is 11.8. The molecule has 0 spiro atoms. The second-order valence-electron chi connectivity index (χ2n) is 5.67. The predicted molar refractivity (Wildman–Crippen MR) is 72.2 cm³/mol. The van der Waals surface area contributed by atoms with Gasteiger partial charge in [0, 0.05) is 31.9 Å². The maximum absolute atomic E-state index is 4.10. The highest BCUT2D eigenvalue weighted by atomic mass is 15.4. The van der Waals surface area contributed by atoms with Crippen molar-refractivity contribution in [3.05, 3.63) is 11.9 Å². The van der Waals surface area contributed by atoms with E-state index in [4.69, 9.17) is 0 Å². The van der Waals surface area contributed by atoms with Crippen LogP contribution in [0.5, 0.6) is 0 Å². The van der Waals surface area contributed by atoms with Crippen LogP contribution < -0.4 is 5.32 Å². The molecule has 18 heavy (non-hydrogen) atoms. The van der Waals surface area contributed by atoms with Crippen LogP contribution in [0.1, 0.15) is 37.8 Å². The first-order chi connectivity index (χ1) is 8.62. The van der Waals surface area contributed by atoms with E-state index in [9.17, 15) is 0 Å². The smallest absolute Gasteiger partial charge is 0.0964 e. The molecule has 0 unspecified atom stereocenters. The van der Waals surface area contributed by atoms with E-state index >= 15 is 0 Å². The van der Waals surface area contributed by atoms with Crippen molar-refractivity contribution in [1.82, 2.24) is 25.2 Å². The van der Waals surface area contributed by atoms with Crippen LogP contribution in [0.2, 0.25) is 0 Å². The van der Waals surface area contributed by atoms with Gasteiger partial charge in [0.1, 0.15) is 0 Å². The second-order valence-corrected chi connectivity index (χ2v) is 5.67. The zero-order valence-electron chi connectivity index (χ0n) is 11.8. The fraction of sp³-hybridized carbons (Fsp3) is 0.846. The van der Waals surface area contributed by atoms with Gasteiger partial charge in [-0.2, -0.15) is 0 Å². The number of nitrogens with one attached hydrogen (secondary N) is 1. The summed E-state index contributed by atoms with van der Waals surface area (Å²) in [4.78, 5) is 2.40. The first-order valence-electron chi connectivity index (χ1n) is 6.86. The fourth-order valence-corrected chi connectivity index (χ4v) is 2.89. The number of aromatic nitrogens is 3. The lowest BCUT2D eigenvalue weighted by molar-refractivity contribution is 0.0983. The Labute approximate surface area is 110 Å². The maximum atomic E-state index is 4.10. The Kier molecular flexibility index (Phi) is 4.35. The second kappa shape index (κ2) is 5.80. The Morgan fingerprint density at radius 1 is 1.33 bits per heavy atom. The Morgan fingerprint density at radius 3 is 2.61 bits per heavy atom. The van der Waals surface area contributed by atoms with Crippen molar-refractivity contribution in [3.8, 4) is 0 Å². The largest absolute Gasteiger partial charge is 0.309 e. The standard InChI is InChI=1S/C13H25N5/c1-17(2)13(7-5-4-6-8-13)11-14-9-12-10-18(3)16-15-12/h10,14H,4-9,11H2,1-3H3. The minimum atomic E-state index is 0.334. The predicted octanol–water partition coefficient (Wildman–Crippen LogP) is 1.17. The first-order valence-corrected chi connectivity index (χ1v) is 6.86. The molecule has 0 radical (unpaired) electrons. The van der Waals surface area contributed by atoms with Crippen molar-refractivity contribution >= 4 is 0 Å². The molecule has 5 nitrogen and oxygen atoms in total. The van der Waals surface area contributed by atoms with Crippen molar-refractivity contribution in [3.63, 3.8) is 0 Å². The Bertz CT molecular complexity index is 365. The van der Waals surface area contributed by atoms with Crippen molar-refractivity contribution in [2.75, 3.05) is 20.6 Å². The summed E-state index contributed by atoms with van der Waals surface area (Å²) in [5, 5.41) is 11.6. The minimum Gasteiger partial charge on any atom is -0.309 e. The highest BCUT2D eigenvalue weighted by molar-refractivity contribution is 4.95. The van der Waals surface area contributed by atoms with Crippen molar-refractivity contribution < 1.29 is 0 Å². The third-order valence-electron chi connectivity index (χ3n) is 4.14. The average Bonchev–Trinajstić information content (AvgIpc) is 2.76. The SMILES string of the molecule is CN(C)C1(CNCc2cn(C)nn2)CCCCC1. The summed E-state index contributed by atoms with van der Waals surface area (Å²) < 4.78 is 1.75. The molecule has 0 aromatic carbocycles. The van der Waals surface area contributed by atoms with Crippen molar-refractivity contribution in [2.45, 2.75) is 44.2 Å². The van der Waals surface area contributed by atoms with Crippen molar-refractivity contribution in [2.24, 2.45) is 7.05 Å². The summed E-state index contributed by atoms with van der Waals surface area (Å²) in [6, 6.07) is 0. The van der Waals surface area contributed by atoms with E-state index in [1.165, 1.54) is 32.1 Å². The summed E-state index contributed by atoms with van der Waals surface area (Å²) in [6.45, 7) is 1.85. The Morgan fingerprint density at radius 2 is 2.06 bits per heavy atom. The zero-order chi connectivity index (χ0) is 13.0. The molecule has 1 N–H and O–H groups in total. The summed E-state index contributed by atoms with van der Waals surface area (Å²) in [6.07, 6.45) is 8.66. The Hall–Kier alpha value is -0.940. The lowest BCUT2D eigenvalue weighted by Crippen LogP contribution is -2.52. The van der Waals surface area contributed by atoms with Gasteiger partial charge in [0.15, 0.2) is 0 Å². The molecular weight excluding hydrogens is 226 g/mol. The molecule has 0 atom stereocenters. The minimum absolute atomic E-state index is 0.334. The number of nitrogens with zero attached hydrogens (tertiary/aromatic N) is 4. The molecule has 2 rings (SSSR count). The van der Waals surface area contributed by atoms with Crippen LogP contribution in [0.4, 0.5) is 0 Å². The molecule has 0 bridgehead atoms. The third-order valence-corrected chi connectivity index (χ3v) is 4.14. The normalized spacial score (nSPS) is 19.3. The molecule has 1 fully saturated rings. The van der Waals surface area contributed by atoms with Gasteiger partial charge in [-0.15, -0.1) is 5.10 Å². The highest BCUT2D eigenvalue weighted by Gasteiger charge is 2.33. The molecule has 0 saturated heterocycles. The number of hydrogen-bond acceptors (Lipinski definition) is 4. The lowest BCUT2D eigenvalue weighted by atomic mass is 9.80. The summed E-state index contributed by atoms with van der Waals surface area (Å²) in [7, 11) is 6.31. The third kappa shape index (κ3) is 3.09. The number of hydrogen-bond donors (Lipinski definition) is 1. The topological polar surface area (TPSA) is 46.0 Å². The van der Waals surface area contributed by atoms with Gasteiger partial charge in [-0.1, -0.05) is 24.5 Å². The molecule has 1 aliphatic carbocycles. The van der Waals surface area contributed by atoms with Gasteiger partial charge in [0.05, 0.1) is 5.69 Å². The molecule has 1 aromatic rings. The monoisotopic (exact) mass is 251 g/mol. The van der Waals surface area contributed by atoms with Gasteiger partial charge >= 0.3 is 0 Å². The van der Waals surface area contributed by atoms with E-state index in [-0.39, 0.29) is 0 Å². The lowest BCUT2D eigenvalue weighted by Gasteiger charge is -2.43. The van der Waals surface area contributed by atoms with E-state index < -0.39 is 0 Å². The van der Waals surface area contributed by atoms with Crippen LogP contribution >= 0.6 is 0 Å². The van der Waals surface area contributed by atoms with E-state index in [0.29, 0.717) is 5.54 Å². The molecule has 1 heterocycles. The van der Waals surface area contributed by atoms with Crippen LogP contribution in [0, 0.1) is 0 Å². The molecule has 1 aliphatic rings. The quantitative estimate of drug-likeness (QED) is 0.853. The number of likely N-dealkylation sites (N-methyl/N-ethyl adjacent to an activating group) is 1. The first kappa shape index (κ1) is 13.5. The summed E-state index contributed by atoms with van der Waals surface area (Å²) in [5.41, 5.74) is 1.35. The van der Waals surface area contributed by atoms with Gasteiger partial charge < -0.3 is 10.2 Å². The summed E-state index contributed by atoms with van der Waals surface area (Å²) >= 11 is 0.